The number of halogens is 15. The number of hydrogen-bond acceptors (Lipinski definition) is 4. The van der Waals surface area contributed by atoms with Crippen LogP contribution in [0.5, 0.6) is 0 Å². The van der Waals surface area contributed by atoms with Gasteiger partial charge in [0.2, 0.25) is 0 Å². The lowest BCUT2D eigenvalue weighted by Crippen LogP contribution is -2.73. The van der Waals surface area contributed by atoms with Crippen molar-refractivity contribution in [2.24, 2.45) is 0 Å². The van der Waals surface area contributed by atoms with Crippen LogP contribution in [0.4, 0.5) is 65.9 Å². The third-order valence-electron chi connectivity index (χ3n) is 3.49. The molecule has 0 amide bonds. The van der Waals surface area contributed by atoms with Crippen molar-refractivity contribution >= 4 is 5.97 Å². The standard InChI is InChI=1S/C14H11F15O4/c1-31-4-5-33-7(30)2-3-32-6-8(15,16)9(17,18)10(19,20)11(21,22)12(23,24)13(25,26)14(27,28)29/h2-3H,4-6H2,1H3/b3-2+. The van der Waals surface area contributed by atoms with E-state index in [0.29, 0.717) is 0 Å². The van der Waals surface area contributed by atoms with E-state index < -0.39 is 60.9 Å². The number of carbonyl (C=O) groups is 1. The van der Waals surface area contributed by atoms with E-state index >= 15 is 0 Å². The smallest absolute Gasteiger partial charge is 0.460 e. The first-order valence-electron chi connectivity index (χ1n) is 7.73. The highest BCUT2D eigenvalue weighted by molar-refractivity contribution is 5.81. The number of ether oxygens (including phenoxy) is 3. The van der Waals surface area contributed by atoms with Crippen LogP contribution in [0.3, 0.4) is 0 Å². The van der Waals surface area contributed by atoms with Gasteiger partial charge in [0.25, 0.3) is 0 Å². The molecule has 0 heterocycles. The number of esters is 1. The van der Waals surface area contributed by atoms with Gasteiger partial charge in [-0.1, -0.05) is 0 Å². The van der Waals surface area contributed by atoms with Crippen LogP contribution in [0.25, 0.3) is 0 Å². The Balaban J connectivity index is 5.79. The van der Waals surface area contributed by atoms with Crippen LogP contribution in [0.15, 0.2) is 12.3 Å². The van der Waals surface area contributed by atoms with Gasteiger partial charge in [-0.05, 0) is 0 Å². The summed E-state index contributed by atoms with van der Waals surface area (Å²) in [7, 11) is 1.16. The van der Waals surface area contributed by atoms with Gasteiger partial charge >= 0.3 is 47.7 Å². The van der Waals surface area contributed by atoms with Crippen molar-refractivity contribution in [2.75, 3.05) is 26.9 Å². The molecule has 0 aromatic carbocycles. The molecule has 0 fully saturated rings. The Morgan fingerprint density at radius 1 is 0.667 bits per heavy atom. The fourth-order valence-electron chi connectivity index (χ4n) is 1.62. The molecule has 0 aromatic rings. The van der Waals surface area contributed by atoms with E-state index in [1.807, 2.05) is 0 Å². The van der Waals surface area contributed by atoms with Crippen molar-refractivity contribution in [3.8, 4) is 0 Å². The van der Waals surface area contributed by atoms with Gasteiger partial charge in [-0.25, -0.2) is 4.79 Å². The number of rotatable bonds is 12. The van der Waals surface area contributed by atoms with Crippen LogP contribution >= 0.6 is 0 Å². The molecule has 0 saturated carbocycles. The zero-order valence-electron chi connectivity index (χ0n) is 15.6. The van der Waals surface area contributed by atoms with Crippen LogP contribution < -0.4 is 0 Å². The zero-order valence-corrected chi connectivity index (χ0v) is 15.6. The quantitative estimate of drug-likeness (QED) is 0.117. The Kier molecular flexibility index (Phi) is 9.04. The lowest BCUT2D eigenvalue weighted by molar-refractivity contribution is -0.453. The van der Waals surface area contributed by atoms with Crippen molar-refractivity contribution in [1.29, 1.82) is 0 Å². The molecule has 0 radical (unpaired) electrons. The molecule has 0 N–H and O–H groups in total. The lowest BCUT2D eigenvalue weighted by Gasteiger charge is -2.41. The van der Waals surface area contributed by atoms with Crippen molar-refractivity contribution in [3.63, 3.8) is 0 Å². The predicted octanol–water partition coefficient (Wildman–Crippen LogP) is 5.08. The monoisotopic (exact) mass is 528 g/mol. The minimum Gasteiger partial charge on any atom is -0.494 e. The first kappa shape index (κ1) is 30.9. The highest BCUT2D eigenvalue weighted by atomic mass is 19.4. The lowest BCUT2D eigenvalue weighted by atomic mass is 9.91. The maximum absolute atomic E-state index is 13.4. The van der Waals surface area contributed by atoms with Crippen LogP contribution in [-0.2, 0) is 19.0 Å². The second-order valence-corrected chi connectivity index (χ2v) is 5.85. The summed E-state index contributed by atoms with van der Waals surface area (Å²) in [5.74, 6) is -48.6. The zero-order chi connectivity index (χ0) is 26.7. The largest absolute Gasteiger partial charge is 0.494 e. The van der Waals surface area contributed by atoms with Gasteiger partial charge < -0.3 is 14.2 Å². The number of methoxy groups -OCH3 is 1. The molecule has 0 unspecified atom stereocenters. The van der Waals surface area contributed by atoms with E-state index in [1.54, 1.807) is 0 Å². The van der Waals surface area contributed by atoms with Crippen LogP contribution in [0.1, 0.15) is 0 Å². The molecule has 0 rings (SSSR count). The summed E-state index contributed by atoms with van der Waals surface area (Å²) in [6.07, 6.45) is -7.80. The summed E-state index contributed by atoms with van der Waals surface area (Å²) in [4.78, 5) is 11.0. The number of alkyl halides is 15. The summed E-state index contributed by atoms with van der Waals surface area (Å²) < 4.78 is 206. The van der Waals surface area contributed by atoms with Crippen LogP contribution in [0.2, 0.25) is 0 Å². The summed E-state index contributed by atoms with van der Waals surface area (Å²) >= 11 is 0. The SMILES string of the molecule is COCCOC(=O)/C=C/OCC(F)(F)C(F)(F)C(F)(F)C(F)(F)C(F)(F)C(F)(F)C(F)(F)F. The van der Waals surface area contributed by atoms with E-state index in [4.69, 9.17) is 0 Å². The third-order valence-corrected chi connectivity index (χ3v) is 3.49. The minimum atomic E-state index is -8.37. The fraction of sp³-hybridized carbons (Fsp3) is 0.786. The van der Waals surface area contributed by atoms with E-state index in [0.717, 1.165) is 7.11 Å². The van der Waals surface area contributed by atoms with Gasteiger partial charge in [-0.2, -0.15) is 65.9 Å². The molecule has 4 nitrogen and oxygen atoms in total. The van der Waals surface area contributed by atoms with Gasteiger partial charge in [0.05, 0.1) is 18.9 Å². The molecule has 196 valence electrons. The van der Waals surface area contributed by atoms with Crippen LogP contribution in [0, 0.1) is 0 Å². The Morgan fingerprint density at radius 3 is 1.52 bits per heavy atom. The van der Waals surface area contributed by atoms with Crippen molar-refractivity contribution in [3.05, 3.63) is 12.3 Å². The first-order chi connectivity index (χ1) is 14.5. The molecular weight excluding hydrogens is 517 g/mol. The van der Waals surface area contributed by atoms with Crippen LogP contribution in [-0.4, -0.2) is 74.6 Å². The minimum absolute atomic E-state index is 0.0780. The first-order valence-corrected chi connectivity index (χ1v) is 7.73. The molecule has 0 aromatic heterocycles. The molecule has 0 aliphatic carbocycles. The topological polar surface area (TPSA) is 44.8 Å². The molecule has 19 heteroatoms. The highest BCUT2D eigenvalue weighted by Crippen LogP contribution is 2.62. The van der Waals surface area contributed by atoms with Gasteiger partial charge in [0, 0.05) is 7.11 Å². The van der Waals surface area contributed by atoms with E-state index in [-0.39, 0.29) is 18.9 Å². The highest BCUT2D eigenvalue weighted by Gasteiger charge is 2.93. The molecular formula is C14H11F15O4. The summed E-state index contributed by atoms with van der Waals surface area (Å²) in [6.45, 7) is -3.65. The Hall–Kier alpha value is -2.08. The Morgan fingerprint density at radius 2 is 1.09 bits per heavy atom. The maximum atomic E-state index is 13.4. The Labute approximate surface area is 173 Å². The molecule has 0 aliphatic heterocycles. The number of carbonyl (C=O) groups excluding carboxylic acids is 1. The summed E-state index contributed by atoms with van der Waals surface area (Å²) in [5.41, 5.74) is 0. The van der Waals surface area contributed by atoms with Gasteiger partial charge in [0.15, 0.2) is 6.61 Å². The second-order valence-electron chi connectivity index (χ2n) is 5.85. The third kappa shape index (κ3) is 5.53. The number of hydrogen-bond donors (Lipinski definition) is 0. The van der Waals surface area contributed by atoms with Crippen molar-refractivity contribution in [2.45, 2.75) is 41.7 Å². The maximum Gasteiger partial charge on any atom is 0.460 e. The average molecular weight is 528 g/mol. The van der Waals surface area contributed by atoms with Gasteiger partial charge in [-0.15, -0.1) is 0 Å². The average Bonchev–Trinajstić information content (AvgIpc) is 2.63. The molecule has 0 aliphatic rings. The summed E-state index contributed by atoms with van der Waals surface area (Å²) in [5, 5.41) is 0. The fourth-order valence-corrected chi connectivity index (χ4v) is 1.62. The van der Waals surface area contributed by atoms with E-state index in [9.17, 15) is 70.7 Å². The Bertz CT molecular complexity index is 699. The second kappa shape index (κ2) is 9.65. The molecule has 0 bridgehead atoms. The van der Waals surface area contributed by atoms with E-state index in [1.165, 1.54) is 0 Å². The van der Waals surface area contributed by atoms with Gasteiger partial charge in [0.1, 0.15) is 6.61 Å². The molecule has 0 saturated heterocycles. The van der Waals surface area contributed by atoms with Gasteiger partial charge in [-0.3, -0.25) is 0 Å². The summed E-state index contributed by atoms with van der Waals surface area (Å²) in [6, 6.07) is 0. The van der Waals surface area contributed by atoms with Crippen molar-refractivity contribution < 1.29 is 84.9 Å². The normalized spacial score (nSPS) is 15.2. The molecule has 0 atom stereocenters. The molecule has 0 spiro atoms. The van der Waals surface area contributed by atoms with E-state index in [2.05, 4.69) is 14.2 Å². The van der Waals surface area contributed by atoms with Crippen molar-refractivity contribution in [1.82, 2.24) is 0 Å². The predicted molar refractivity (Wildman–Crippen MR) is 73.7 cm³/mol. The molecule has 33 heavy (non-hydrogen) atoms.